The molecule has 5 amide bonds. The van der Waals surface area contributed by atoms with Gasteiger partial charge in [-0.2, -0.15) is 0 Å². The summed E-state index contributed by atoms with van der Waals surface area (Å²) in [6.07, 6.45) is 11.0. The highest BCUT2D eigenvalue weighted by Crippen LogP contribution is 2.35. The van der Waals surface area contributed by atoms with Crippen LogP contribution in [-0.4, -0.2) is 78.5 Å². The fourth-order valence-corrected chi connectivity index (χ4v) is 5.40. The van der Waals surface area contributed by atoms with Crippen LogP contribution in [0.2, 0.25) is 0 Å². The van der Waals surface area contributed by atoms with E-state index in [-0.39, 0.29) is 35.6 Å². The second-order valence-electron chi connectivity index (χ2n) is 13.1. The largest absolute Gasteiger partial charge is 0.353 e. The first kappa shape index (κ1) is 38.0. The van der Waals surface area contributed by atoms with Crippen molar-refractivity contribution in [3.8, 4) is 0 Å². The number of hydrogen-bond donors (Lipinski definition) is 4. The normalized spacial score (nSPS) is 20.5. The second kappa shape index (κ2) is 18.6. The summed E-state index contributed by atoms with van der Waals surface area (Å²) < 4.78 is 0. The van der Waals surface area contributed by atoms with Crippen molar-refractivity contribution in [2.75, 3.05) is 13.6 Å². The lowest BCUT2D eigenvalue weighted by molar-refractivity contribution is -0.138. The summed E-state index contributed by atoms with van der Waals surface area (Å²) in [6, 6.07) is -1.94. The highest BCUT2D eigenvalue weighted by atomic mass is 16.2. The van der Waals surface area contributed by atoms with Gasteiger partial charge in [-0.15, -0.1) is 0 Å². The number of rotatable bonds is 10. The first-order valence-electron chi connectivity index (χ1n) is 16.1. The molecule has 11 heteroatoms. The molecule has 3 rings (SSSR count). The standard InChI is InChI=1S/C23H39N3O3.C6H10N2O3.C3H8/c1-15-9-8-14-26(15)21(28)20(23(2,3)4)25-22(29)24-18(19(27)17-12-13-17)16-10-6-5-7-11-16;1-4(8-3-9)5(10)6(11)7-2;1-3-2/h15-18,20H,5-14H2,1-4H3,(H2,24,25,29);3-4H,1-2H3,(H,7,11)(H,8,9);3H2,1-2H3. The van der Waals surface area contributed by atoms with Gasteiger partial charge in [0.1, 0.15) is 6.04 Å². The maximum Gasteiger partial charge on any atom is 0.316 e. The molecule has 11 nitrogen and oxygen atoms in total. The number of hydrogen-bond acceptors (Lipinski definition) is 6. The molecule has 4 N–H and O–H groups in total. The number of amides is 5. The molecule has 3 fully saturated rings. The van der Waals surface area contributed by atoms with Crippen molar-refractivity contribution in [3.05, 3.63) is 0 Å². The minimum absolute atomic E-state index is 0.0135. The maximum atomic E-state index is 13.2. The number of nitrogens with zero attached hydrogens (tertiary/aromatic N) is 1. The van der Waals surface area contributed by atoms with Crippen LogP contribution in [0.15, 0.2) is 0 Å². The molecular weight excluding hydrogens is 550 g/mol. The van der Waals surface area contributed by atoms with Gasteiger partial charge < -0.3 is 26.2 Å². The molecular formula is C32H57N5O6. The summed E-state index contributed by atoms with van der Waals surface area (Å²) >= 11 is 0. The number of urea groups is 1. The van der Waals surface area contributed by atoms with Gasteiger partial charge in [0, 0.05) is 25.6 Å². The molecule has 0 bridgehead atoms. The lowest BCUT2D eigenvalue weighted by Crippen LogP contribution is -2.59. The Bertz CT molecular complexity index is 939. The third-order valence-corrected chi connectivity index (χ3v) is 8.08. The third-order valence-electron chi connectivity index (χ3n) is 8.08. The van der Waals surface area contributed by atoms with E-state index >= 15 is 0 Å². The molecule has 1 saturated heterocycles. The lowest BCUT2D eigenvalue weighted by atomic mass is 9.81. The van der Waals surface area contributed by atoms with Gasteiger partial charge in [-0.1, -0.05) is 60.3 Å². The molecule has 43 heavy (non-hydrogen) atoms. The number of ketones is 2. The van der Waals surface area contributed by atoms with E-state index in [1.807, 2.05) is 25.7 Å². The fourth-order valence-electron chi connectivity index (χ4n) is 5.40. The van der Waals surface area contributed by atoms with E-state index in [1.54, 1.807) is 0 Å². The Labute approximate surface area is 258 Å². The first-order chi connectivity index (χ1) is 20.2. The minimum atomic E-state index is -0.757. The third kappa shape index (κ3) is 12.6. The van der Waals surface area contributed by atoms with Gasteiger partial charge in [0.25, 0.3) is 5.91 Å². The number of carbonyl (C=O) groups excluding carboxylic acids is 6. The van der Waals surface area contributed by atoms with Crippen LogP contribution in [0.5, 0.6) is 0 Å². The minimum Gasteiger partial charge on any atom is -0.353 e. The Morgan fingerprint density at radius 3 is 1.93 bits per heavy atom. The molecule has 0 aromatic heterocycles. The zero-order chi connectivity index (χ0) is 32.7. The number of Topliss-reactive ketones (excluding diaryl/α,β-unsaturated/α-hetero) is 2. The van der Waals surface area contributed by atoms with E-state index < -0.39 is 35.2 Å². The quantitative estimate of drug-likeness (QED) is 0.220. The number of nitrogens with one attached hydrogen (secondary N) is 4. The summed E-state index contributed by atoms with van der Waals surface area (Å²) in [4.78, 5) is 72.2. The van der Waals surface area contributed by atoms with E-state index in [1.165, 1.54) is 26.8 Å². The van der Waals surface area contributed by atoms with Crippen molar-refractivity contribution in [1.29, 1.82) is 0 Å². The van der Waals surface area contributed by atoms with Crippen LogP contribution in [0.1, 0.15) is 113 Å². The Morgan fingerprint density at radius 2 is 1.49 bits per heavy atom. The van der Waals surface area contributed by atoms with E-state index in [0.717, 1.165) is 57.9 Å². The van der Waals surface area contributed by atoms with Crippen molar-refractivity contribution in [2.45, 2.75) is 137 Å². The molecule has 4 unspecified atom stereocenters. The number of carbonyl (C=O) groups is 6. The molecule has 2 saturated carbocycles. The van der Waals surface area contributed by atoms with Gasteiger partial charge in [0.15, 0.2) is 5.78 Å². The zero-order valence-electron chi connectivity index (χ0n) is 27.7. The first-order valence-corrected chi connectivity index (χ1v) is 16.1. The number of likely N-dealkylation sites (tertiary alicyclic amines) is 1. The van der Waals surface area contributed by atoms with Gasteiger partial charge in [0.05, 0.1) is 12.1 Å². The van der Waals surface area contributed by atoms with Crippen LogP contribution in [0.3, 0.4) is 0 Å². The highest BCUT2D eigenvalue weighted by molar-refractivity contribution is 6.38. The fraction of sp³-hybridized carbons (Fsp3) is 0.812. The van der Waals surface area contributed by atoms with Crippen molar-refractivity contribution < 1.29 is 28.8 Å². The van der Waals surface area contributed by atoms with Crippen LogP contribution in [0.4, 0.5) is 4.79 Å². The van der Waals surface area contributed by atoms with Gasteiger partial charge in [0.2, 0.25) is 18.1 Å². The Morgan fingerprint density at radius 1 is 0.907 bits per heavy atom. The van der Waals surface area contributed by atoms with Gasteiger partial charge in [-0.25, -0.2) is 4.79 Å². The van der Waals surface area contributed by atoms with Crippen molar-refractivity contribution >= 4 is 35.8 Å². The summed E-state index contributed by atoms with van der Waals surface area (Å²) in [7, 11) is 1.36. The summed E-state index contributed by atoms with van der Waals surface area (Å²) in [5.41, 5.74) is -0.405. The van der Waals surface area contributed by atoms with E-state index in [4.69, 9.17) is 0 Å². The lowest BCUT2D eigenvalue weighted by Gasteiger charge is -2.36. The maximum absolute atomic E-state index is 13.2. The van der Waals surface area contributed by atoms with E-state index in [9.17, 15) is 28.8 Å². The summed E-state index contributed by atoms with van der Waals surface area (Å²) in [5.74, 6) is -0.830. The SMILES string of the molecule is CC1CCCN1C(=O)C(NC(=O)NC(C(=O)C1CC1)C1CCCCC1)C(C)(C)C.CCC.CNC(=O)C(=O)C(C)NC=O. The Hall–Kier alpha value is -2.98. The molecule has 0 aromatic carbocycles. The average molecular weight is 608 g/mol. The molecule has 1 heterocycles. The predicted octanol–water partition coefficient (Wildman–Crippen LogP) is 3.49. The average Bonchev–Trinajstić information content (AvgIpc) is 3.73. The smallest absolute Gasteiger partial charge is 0.316 e. The molecule has 4 atom stereocenters. The van der Waals surface area contributed by atoms with E-state index in [2.05, 4.69) is 42.0 Å². The highest BCUT2D eigenvalue weighted by Gasteiger charge is 2.42. The number of likely N-dealkylation sites (N-methyl/N-ethyl adjacent to an activating group) is 1. The van der Waals surface area contributed by atoms with Crippen molar-refractivity contribution in [2.24, 2.45) is 17.3 Å². The summed E-state index contributed by atoms with van der Waals surface area (Å²) in [5, 5.41) is 10.3. The molecule has 1 aliphatic heterocycles. The Balaban J connectivity index is 0.000000554. The Kier molecular flexibility index (Phi) is 16.5. The van der Waals surface area contributed by atoms with Crippen LogP contribution < -0.4 is 21.3 Å². The van der Waals surface area contributed by atoms with Gasteiger partial charge in [-0.3, -0.25) is 24.0 Å². The topological polar surface area (TPSA) is 154 Å². The molecule has 2 aliphatic carbocycles. The second-order valence-corrected chi connectivity index (χ2v) is 13.1. The molecule has 246 valence electrons. The molecule has 0 spiro atoms. The van der Waals surface area contributed by atoms with Gasteiger partial charge in [-0.05, 0) is 63.7 Å². The summed E-state index contributed by atoms with van der Waals surface area (Å²) in [6.45, 7) is 14.4. The van der Waals surface area contributed by atoms with Crippen molar-refractivity contribution in [3.63, 3.8) is 0 Å². The van der Waals surface area contributed by atoms with Gasteiger partial charge >= 0.3 is 6.03 Å². The molecule has 3 aliphatic rings. The molecule has 0 radical (unpaired) electrons. The molecule has 0 aromatic rings. The van der Waals surface area contributed by atoms with Crippen LogP contribution in [-0.2, 0) is 24.0 Å². The van der Waals surface area contributed by atoms with Crippen LogP contribution in [0, 0.1) is 17.3 Å². The predicted molar refractivity (Wildman–Crippen MR) is 167 cm³/mol. The van der Waals surface area contributed by atoms with Crippen LogP contribution in [0.25, 0.3) is 0 Å². The monoisotopic (exact) mass is 607 g/mol. The van der Waals surface area contributed by atoms with E-state index in [0.29, 0.717) is 6.41 Å². The van der Waals surface area contributed by atoms with Crippen LogP contribution >= 0.6 is 0 Å². The zero-order valence-corrected chi connectivity index (χ0v) is 27.7. The van der Waals surface area contributed by atoms with Crippen molar-refractivity contribution in [1.82, 2.24) is 26.2 Å².